The zero-order valence-electron chi connectivity index (χ0n) is 11.6. The number of halogens is 1. The molecule has 0 heterocycles. The molecule has 7 nitrogen and oxygen atoms in total. The number of nitrogens with two attached hydrogens (primary N) is 1. The van der Waals surface area contributed by atoms with Crippen molar-refractivity contribution in [1.29, 1.82) is 0 Å². The summed E-state index contributed by atoms with van der Waals surface area (Å²) in [4.78, 5) is 24.2. The van der Waals surface area contributed by atoms with E-state index in [1.165, 1.54) is 4.90 Å². The number of rotatable bonds is 4. The van der Waals surface area contributed by atoms with Crippen LogP contribution in [0.2, 0.25) is 0 Å². The summed E-state index contributed by atoms with van der Waals surface area (Å²) in [6, 6.07) is 1.86. The summed E-state index contributed by atoms with van der Waals surface area (Å²) in [6.07, 6.45) is 3.81. The van der Waals surface area contributed by atoms with Crippen molar-refractivity contribution in [3.05, 3.63) is 33.6 Å². The summed E-state index contributed by atoms with van der Waals surface area (Å²) < 4.78 is 13.6. The van der Waals surface area contributed by atoms with Crippen LogP contribution in [0.25, 0.3) is 0 Å². The number of nitrogens with zero attached hydrogens (tertiary/aromatic N) is 2. The van der Waals surface area contributed by atoms with Crippen molar-refractivity contribution >= 4 is 17.3 Å². The molecular weight excluding hydrogens is 279 g/mol. The molecule has 21 heavy (non-hydrogen) atoms. The van der Waals surface area contributed by atoms with E-state index in [1.807, 2.05) is 0 Å². The normalized spacial score (nSPS) is 15.0. The number of nitrogen functional groups attached to an aromatic ring is 1. The van der Waals surface area contributed by atoms with Crippen molar-refractivity contribution in [1.82, 2.24) is 4.90 Å². The molecule has 0 unspecified atom stereocenters. The van der Waals surface area contributed by atoms with Crippen molar-refractivity contribution in [2.45, 2.75) is 31.7 Å². The number of nitro groups is 1. The van der Waals surface area contributed by atoms with Crippen LogP contribution in [0.15, 0.2) is 12.1 Å². The van der Waals surface area contributed by atoms with Gasteiger partial charge in [-0.3, -0.25) is 20.8 Å². The molecule has 0 atom stereocenters. The van der Waals surface area contributed by atoms with Crippen LogP contribution in [0.3, 0.4) is 0 Å². The summed E-state index contributed by atoms with van der Waals surface area (Å²) in [6.45, 7) is 0. The van der Waals surface area contributed by atoms with Gasteiger partial charge >= 0.3 is 0 Å². The van der Waals surface area contributed by atoms with Crippen LogP contribution in [0, 0.1) is 15.9 Å². The van der Waals surface area contributed by atoms with E-state index < -0.39 is 22.3 Å². The van der Waals surface area contributed by atoms with Crippen molar-refractivity contribution in [2.75, 3.05) is 12.5 Å². The lowest BCUT2D eigenvalue weighted by Gasteiger charge is -2.24. The number of carbonyl (C=O) groups excluding carboxylic acids is 1. The Labute approximate surface area is 121 Å². The molecule has 0 saturated heterocycles. The Morgan fingerprint density at radius 3 is 2.62 bits per heavy atom. The first kappa shape index (κ1) is 15.2. The molecule has 114 valence electrons. The number of carbonyl (C=O) groups is 1. The molecule has 2 rings (SSSR count). The SMILES string of the molecule is CN(C(=O)c1cc(NN)c(F)cc1[N+](=O)[O-])C1CCCC1. The van der Waals surface area contributed by atoms with Gasteiger partial charge < -0.3 is 10.3 Å². The number of hydrogen-bond acceptors (Lipinski definition) is 5. The van der Waals surface area contributed by atoms with Crippen molar-refractivity contribution < 1.29 is 14.1 Å². The maximum Gasteiger partial charge on any atom is 0.285 e. The predicted octanol–water partition coefficient (Wildman–Crippen LogP) is 2.03. The van der Waals surface area contributed by atoms with Crippen molar-refractivity contribution in [2.24, 2.45) is 5.84 Å². The fourth-order valence-corrected chi connectivity index (χ4v) is 2.64. The molecule has 1 aliphatic carbocycles. The van der Waals surface area contributed by atoms with Crippen LogP contribution in [0.5, 0.6) is 0 Å². The summed E-state index contributed by atoms with van der Waals surface area (Å²) >= 11 is 0. The topological polar surface area (TPSA) is 102 Å². The Morgan fingerprint density at radius 1 is 1.48 bits per heavy atom. The van der Waals surface area contributed by atoms with Gasteiger partial charge in [-0.1, -0.05) is 12.8 Å². The number of nitro benzene ring substituents is 1. The van der Waals surface area contributed by atoms with E-state index in [9.17, 15) is 19.3 Å². The molecule has 0 spiro atoms. The third-order valence-electron chi connectivity index (χ3n) is 3.86. The summed E-state index contributed by atoms with van der Waals surface area (Å²) in [5.74, 6) is 3.79. The van der Waals surface area contributed by atoms with Crippen molar-refractivity contribution in [3.63, 3.8) is 0 Å². The largest absolute Gasteiger partial charge is 0.339 e. The van der Waals surface area contributed by atoms with E-state index in [-0.39, 0.29) is 17.3 Å². The van der Waals surface area contributed by atoms with E-state index in [1.54, 1.807) is 7.05 Å². The third-order valence-corrected chi connectivity index (χ3v) is 3.86. The van der Waals surface area contributed by atoms with Gasteiger partial charge in [-0.05, 0) is 18.9 Å². The first-order chi connectivity index (χ1) is 9.95. The monoisotopic (exact) mass is 296 g/mol. The van der Waals surface area contributed by atoms with E-state index in [2.05, 4.69) is 5.43 Å². The highest BCUT2D eigenvalue weighted by Crippen LogP contribution is 2.29. The molecule has 3 N–H and O–H groups in total. The average molecular weight is 296 g/mol. The van der Waals surface area contributed by atoms with Gasteiger partial charge in [0.15, 0.2) is 5.82 Å². The van der Waals surface area contributed by atoms with Gasteiger partial charge in [-0.2, -0.15) is 0 Å². The highest BCUT2D eigenvalue weighted by molar-refractivity contribution is 5.99. The number of hydrogen-bond donors (Lipinski definition) is 2. The second-order valence-corrected chi connectivity index (χ2v) is 5.10. The molecule has 8 heteroatoms. The Balaban J connectivity index is 2.40. The lowest BCUT2D eigenvalue weighted by Crippen LogP contribution is -2.35. The maximum atomic E-state index is 13.6. The molecule has 1 aromatic rings. The van der Waals surface area contributed by atoms with Gasteiger partial charge in [0.25, 0.3) is 11.6 Å². The van der Waals surface area contributed by atoms with Crippen LogP contribution >= 0.6 is 0 Å². The number of anilines is 1. The lowest BCUT2D eigenvalue weighted by atomic mass is 10.1. The third kappa shape index (κ3) is 2.94. The maximum absolute atomic E-state index is 13.6. The molecule has 0 aromatic heterocycles. The van der Waals surface area contributed by atoms with E-state index in [0.717, 1.165) is 31.7 Å². The molecule has 1 saturated carbocycles. The van der Waals surface area contributed by atoms with Crippen molar-refractivity contribution in [3.8, 4) is 0 Å². The Kier molecular flexibility index (Phi) is 4.37. The highest BCUT2D eigenvalue weighted by Gasteiger charge is 2.30. The quantitative estimate of drug-likeness (QED) is 0.503. The molecule has 1 amide bonds. The summed E-state index contributed by atoms with van der Waals surface area (Å²) in [5, 5.41) is 11.0. The molecule has 1 aromatic carbocycles. The lowest BCUT2D eigenvalue weighted by molar-refractivity contribution is -0.385. The van der Waals surface area contributed by atoms with Crippen LogP contribution in [0.1, 0.15) is 36.0 Å². The molecule has 1 fully saturated rings. The molecule has 0 aliphatic heterocycles. The summed E-state index contributed by atoms with van der Waals surface area (Å²) in [7, 11) is 1.61. The standard InChI is InChI=1S/C13H17FN4O3/c1-17(8-4-2-3-5-8)13(19)9-6-11(16-15)10(14)7-12(9)18(20)21/h6-8,16H,2-5,15H2,1H3. The fourth-order valence-electron chi connectivity index (χ4n) is 2.64. The number of amides is 1. The molecule has 1 aliphatic rings. The number of benzene rings is 1. The second kappa shape index (κ2) is 6.04. The van der Waals surface area contributed by atoms with Gasteiger partial charge in [0, 0.05) is 13.1 Å². The fraction of sp³-hybridized carbons (Fsp3) is 0.462. The average Bonchev–Trinajstić information content (AvgIpc) is 2.99. The molecular formula is C13H17FN4O3. The minimum Gasteiger partial charge on any atom is -0.339 e. The minimum atomic E-state index is -0.871. The Morgan fingerprint density at radius 2 is 2.10 bits per heavy atom. The minimum absolute atomic E-state index is 0.0662. The van der Waals surface area contributed by atoms with E-state index >= 15 is 0 Å². The highest BCUT2D eigenvalue weighted by atomic mass is 19.1. The van der Waals surface area contributed by atoms with Crippen LogP contribution in [-0.2, 0) is 0 Å². The van der Waals surface area contributed by atoms with E-state index in [0.29, 0.717) is 6.07 Å². The molecule has 0 bridgehead atoms. The zero-order valence-corrected chi connectivity index (χ0v) is 11.6. The van der Waals surface area contributed by atoms with Gasteiger partial charge in [-0.15, -0.1) is 0 Å². The van der Waals surface area contributed by atoms with E-state index in [4.69, 9.17) is 5.84 Å². The van der Waals surface area contributed by atoms with Gasteiger partial charge in [0.05, 0.1) is 16.7 Å². The van der Waals surface area contributed by atoms with Gasteiger partial charge in [0.2, 0.25) is 0 Å². The summed E-state index contributed by atoms with van der Waals surface area (Å²) in [5.41, 5.74) is 1.23. The van der Waals surface area contributed by atoms with Gasteiger partial charge in [-0.25, -0.2) is 4.39 Å². The predicted molar refractivity (Wildman–Crippen MR) is 75.2 cm³/mol. The van der Waals surface area contributed by atoms with Crippen LogP contribution < -0.4 is 11.3 Å². The number of hydrazine groups is 1. The molecule has 0 radical (unpaired) electrons. The van der Waals surface area contributed by atoms with Crippen LogP contribution in [0.4, 0.5) is 15.8 Å². The second-order valence-electron chi connectivity index (χ2n) is 5.10. The smallest absolute Gasteiger partial charge is 0.285 e. The van der Waals surface area contributed by atoms with Gasteiger partial charge in [0.1, 0.15) is 5.56 Å². The Hall–Kier alpha value is -2.22. The number of nitrogens with one attached hydrogen (secondary N) is 1. The first-order valence-electron chi connectivity index (χ1n) is 6.67. The zero-order chi connectivity index (χ0) is 15.6. The Bertz CT molecular complexity index is 573. The van der Waals surface area contributed by atoms with Crippen LogP contribution in [-0.4, -0.2) is 28.8 Å². The first-order valence-corrected chi connectivity index (χ1v) is 6.67.